The fraction of sp³-hybridized carbons (Fsp3) is 0.0769. The third-order valence-corrected chi connectivity index (χ3v) is 10.9. The van der Waals surface area contributed by atoms with Crippen molar-refractivity contribution in [3.05, 3.63) is 204 Å². The van der Waals surface area contributed by atoms with Gasteiger partial charge in [0.05, 0.1) is 11.0 Å². The number of anilines is 3. The average Bonchev–Trinajstić information content (AvgIpc) is 3.53. The Kier molecular flexibility index (Phi) is 8.44. The van der Waals surface area contributed by atoms with Crippen LogP contribution in [0.25, 0.3) is 60.9 Å². The second-order valence-electron chi connectivity index (χ2n) is 14.4. The molecule has 0 atom stereocenters. The molecule has 54 heavy (non-hydrogen) atoms. The van der Waals surface area contributed by atoms with Gasteiger partial charge in [0.15, 0.2) is 0 Å². The van der Waals surface area contributed by atoms with Gasteiger partial charge in [-0.2, -0.15) is 0 Å². The van der Waals surface area contributed by atoms with Crippen molar-refractivity contribution < 1.29 is 0 Å². The summed E-state index contributed by atoms with van der Waals surface area (Å²) in [5.41, 5.74) is 19.5. The van der Waals surface area contributed by atoms with E-state index in [2.05, 4.69) is 219 Å². The molecule has 1 aromatic heterocycles. The van der Waals surface area contributed by atoms with Gasteiger partial charge in [0.2, 0.25) is 0 Å². The number of hydrogen-bond donors (Lipinski definition) is 0. The molecule has 0 aliphatic rings. The highest BCUT2D eigenvalue weighted by atomic mass is 15.1. The van der Waals surface area contributed by atoms with Gasteiger partial charge in [-0.1, -0.05) is 115 Å². The molecule has 9 aromatic rings. The lowest BCUT2D eigenvalue weighted by Gasteiger charge is -2.28. The monoisotopic (exact) mass is 694 g/mol. The molecule has 0 fully saturated rings. The van der Waals surface area contributed by atoms with Gasteiger partial charge in [-0.15, -0.1) is 0 Å². The van der Waals surface area contributed by atoms with Crippen molar-refractivity contribution in [3.63, 3.8) is 0 Å². The SMILES string of the molecule is Cc1ccccc1-c1ccc(N(c2cccc(-c3ccc4c(c3)c3ccccc3n4-c3ccccc3)c2)c2ccc(-c3ccccc3C)c(C)c2)cc1C. The Balaban J connectivity index is 1.18. The minimum Gasteiger partial charge on any atom is -0.310 e. The van der Waals surface area contributed by atoms with Crippen LogP contribution in [0.4, 0.5) is 17.1 Å². The largest absolute Gasteiger partial charge is 0.310 e. The summed E-state index contributed by atoms with van der Waals surface area (Å²) in [6.07, 6.45) is 0. The van der Waals surface area contributed by atoms with Crippen molar-refractivity contribution in [1.82, 2.24) is 4.57 Å². The van der Waals surface area contributed by atoms with Crippen LogP contribution in [-0.2, 0) is 0 Å². The minimum absolute atomic E-state index is 1.12. The number of para-hydroxylation sites is 2. The van der Waals surface area contributed by atoms with Gasteiger partial charge in [-0.05, 0) is 150 Å². The predicted molar refractivity (Wildman–Crippen MR) is 231 cm³/mol. The summed E-state index contributed by atoms with van der Waals surface area (Å²) in [6.45, 7) is 8.84. The molecule has 8 aromatic carbocycles. The Morgan fingerprint density at radius 3 is 1.48 bits per heavy atom. The summed E-state index contributed by atoms with van der Waals surface area (Å²) >= 11 is 0. The highest BCUT2D eigenvalue weighted by Gasteiger charge is 2.18. The van der Waals surface area contributed by atoms with E-state index in [9.17, 15) is 0 Å². The van der Waals surface area contributed by atoms with Gasteiger partial charge < -0.3 is 9.47 Å². The van der Waals surface area contributed by atoms with E-state index in [-0.39, 0.29) is 0 Å². The quantitative estimate of drug-likeness (QED) is 0.161. The Morgan fingerprint density at radius 2 is 0.852 bits per heavy atom. The molecular formula is C52H42N2. The summed E-state index contributed by atoms with van der Waals surface area (Å²) in [4.78, 5) is 2.41. The molecule has 0 N–H and O–H groups in total. The minimum atomic E-state index is 1.12. The predicted octanol–water partition coefficient (Wildman–Crippen LogP) is 14.5. The van der Waals surface area contributed by atoms with E-state index in [4.69, 9.17) is 0 Å². The third kappa shape index (κ3) is 5.87. The molecule has 0 aliphatic carbocycles. The topological polar surface area (TPSA) is 8.17 Å². The van der Waals surface area contributed by atoms with E-state index in [1.165, 1.54) is 83.1 Å². The number of fused-ring (bicyclic) bond motifs is 3. The second kappa shape index (κ2) is 13.7. The molecule has 260 valence electrons. The maximum Gasteiger partial charge on any atom is 0.0541 e. The van der Waals surface area contributed by atoms with Crippen LogP contribution in [0.1, 0.15) is 22.3 Å². The molecule has 2 heteroatoms. The smallest absolute Gasteiger partial charge is 0.0541 e. The third-order valence-electron chi connectivity index (χ3n) is 10.9. The van der Waals surface area contributed by atoms with Gasteiger partial charge >= 0.3 is 0 Å². The molecule has 0 amide bonds. The molecule has 2 nitrogen and oxygen atoms in total. The van der Waals surface area contributed by atoms with Gasteiger partial charge in [0.25, 0.3) is 0 Å². The van der Waals surface area contributed by atoms with Crippen LogP contribution in [0.5, 0.6) is 0 Å². The van der Waals surface area contributed by atoms with Crippen LogP contribution < -0.4 is 4.90 Å². The summed E-state index contributed by atoms with van der Waals surface area (Å²) < 4.78 is 2.37. The normalized spacial score (nSPS) is 11.3. The standard InChI is InChI=1S/C52H42N2/c1-35-15-8-10-21-45(35)47-28-26-43(31-37(47)3)53(44-27-29-48(38(4)32-44)46-22-11-9-16-36(46)2)42-20-14-17-39(33-42)40-25-30-52-50(34-40)49-23-12-13-24-51(49)54(52)41-18-6-5-7-19-41/h5-34H,1-4H3. The average molecular weight is 695 g/mol. The molecular weight excluding hydrogens is 653 g/mol. The fourth-order valence-corrected chi connectivity index (χ4v) is 8.21. The first-order chi connectivity index (χ1) is 26.4. The van der Waals surface area contributed by atoms with Crippen LogP contribution in [0.2, 0.25) is 0 Å². The van der Waals surface area contributed by atoms with Crippen LogP contribution in [-0.4, -0.2) is 4.57 Å². The highest BCUT2D eigenvalue weighted by molar-refractivity contribution is 6.10. The Hall–Kier alpha value is -6.64. The van der Waals surface area contributed by atoms with Crippen LogP contribution in [0.3, 0.4) is 0 Å². The first kappa shape index (κ1) is 33.2. The first-order valence-electron chi connectivity index (χ1n) is 18.8. The molecule has 9 rings (SSSR count). The van der Waals surface area contributed by atoms with Gasteiger partial charge in [-0.3, -0.25) is 0 Å². The summed E-state index contributed by atoms with van der Waals surface area (Å²) in [5.74, 6) is 0. The van der Waals surface area contributed by atoms with E-state index >= 15 is 0 Å². The lowest BCUT2D eigenvalue weighted by Crippen LogP contribution is -2.11. The highest BCUT2D eigenvalue weighted by Crippen LogP contribution is 2.42. The first-order valence-corrected chi connectivity index (χ1v) is 18.8. The lowest BCUT2D eigenvalue weighted by molar-refractivity contribution is 1.18. The van der Waals surface area contributed by atoms with Gasteiger partial charge in [0.1, 0.15) is 0 Å². The van der Waals surface area contributed by atoms with Crippen molar-refractivity contribution >= 4 is 38.9 Å². The molecule has 0 unspecified atom stereocenters. The maximum atomic E-state index is 2.41. The molecule has 1 heterocycles. The second-order valence-corrected chi connectivity index (χ2v) is 14.4. The van der Waals surface area contributed by atoms with Crippen LogP contribution in [0.15, 0.2) is 182 Å². The fourth-order valence-electron chi connectivity index (χ4n) is 8.21. The Morgan fingerprint density at radius 1 is 0.333 bits per heavy atom. The zero-order valence-electron chi connectivity index (χ0n) is 31.2. The molecule has 0 bridgehead atoms. The van der Waals surface area contributed by atoms with Crippen molar-refractivity contribution in [2.45, 2.75) is 27.7 Å². The van der Waals surface area contributed by atoms with E-state index in [0.717, 1.165) is 17.1 Å². The molecule has 0 saturated carbocycles. The van der Waals surface area contributed by atoms with Crippen LogP contribution >= 0.6 is 0 Å². The van der Waals surface area contributed by atoms with Crippen molar-refractivity contribution in [3.8, 4) is 39.1 Å². The van der Waals surface area contributed by atoms with Crippen LogP contribution in [0, 0.1) is 27.7 Å². The lowest BCUT2D eigenvalue weighted by atomic mass is 9.95. The number of rotatable bonds is 7. The van der Waals surface area contributed by atoms with E-state index in [1.54, 1.807) is 0 Å². The van der Waals surface area contributed by atoms with Crippen molar-refractivity contribution in [1.29, 1.82) is 0 Å². The van der Waals surface area contributed by atoms with Crippen molar-refractivity contribution in [2.24, 2.45) is 0 Å². The van der Waals surface area contributed by atoms with E-state index in [1.807, 2.05) is 0 Å². The Bertz CT molecular complexity index is 2730. The number of benzene rings is 8. The summed E-state index contributed by atoms with van der Waals surface area (Å²) in [5, 5.41) is 2.50. The number of nitrogens with zero attached hydrogens (tertiary/aromatic N) is 2. The molecule has 0 spiro atoms. The maximum absolute atomic E-state index is 2.41. The van der Waals surface area contributed by atoms with Gasteiger partial charge in [0, 0.05) is 33.5 Å². The number of aryl methyl sites for hydroxylation is 4. The zero-order chi connectivity index (χ0) is 36.8. The summed E-state index contributed by atoms with van der Waals surface area (Å²) in [7, 11) is 0. The zero-order valence-corrected chi connectivity index (χ0v) is 31.2. The van der Waals surface area contributed by atoms with Gasteiger partial charge in [-0.25, -0.2) is 0 Å². The molecule has 0 aliphatic heterocycles. The molecule has 0 saturated heterocycles. The number of hydrogen-bond acceptors (Lipinski definition) is 1. The van der Waals surface area contributed by atoms with Crippen molar-refractivity contribution in [2.75, 3.05) is 4.90 Å². The number of aromatic nitrogens is 1. The van der Waals surface area contributed by atoms with E-state index in [0.29, 0.717) is 0 Å². The summed E-state index contributed by atoms with van der Waals surface area (Å²) in [6, 6.07) is 66.4. The van der Waals surface area contributed by atoms with E-state index < -0.39 is 0 Å². The Labute approximate surface area is 318 Å². The molecule has 0 radical (unpaired) electrons.